The molecule has 0 aliphatic rings. The maximum absolute atomic E-state index is 2.42. The van der Waals surface area contributed by atoms with Gasteiger partial charge in [-0.2, -0.15) is 0 Å². The van der Waals surface area contributed by atoms with Gasteiger partial charge in [-0.15, -0.1) is 0 Å². The molecule has 2 heterocycles. The van der Waals surface area contributed by atoms with E-state index in [1.54, 1.807) is 0 Å². The topological polar surface area (TPSA) is 9.86 Å². The van der Waals surface area contributed by atoms with Crippen molar-refractivity contribution in [2.24, 2.45) is 0 Å². The SMILES string of the molecule is Cc1ccc(-c2cc3cc4c(cc(-c5ccc(C)cc5)n4-c4ccc(/C=C/c5ccccc5)cc4)cc3n2-c2ccc(/C=C/c3ccccc3)cc2)cc1. The molecule has 0 amide bonds. The molecule has 9 aromatic rings. The minimum Gasteiger partial charge on any atom is -0.309 e. The summed E-state index contributed by atoms with van der Waals surface area (Å²) in [5.74, 6) is 0. The van der Waals surface area contributed by atoms with Gasteiger partial charge in [0, 0.05) is 22.1 Å². The van der Waals surface area contributed by atoms with Gasteiger partial charge in [-0.3, -0.25) is 0 Å². The van der Waals surface area contributed by atoms with Crippen molar-refractivity contribution < 1.29 is 0 Å². The number of aryl methyl sites for hydroxylation is 2. The molecule has 0 saturated carbocycles. The van der Waals surface area contributed by atoms with Gasteiger partial charge in [-0.25, -0.2) is 0 Å². The van der Waals surface area contributed by atoms with E-state index in [0.717, 1.165) is 11.4 Å². The minimum absolute atomic E-state index is 1.13. The van der Waals surface area contributed by atoms with Crippen LogP contribution in [0.2, 0.25) is 0 Å². The van der Waals surface area contributed by atoms with E-state index in [1.165, 1.54) is 77.7 Å². The Morgan fingerprint density at radius 2 is 0.667 bits per heavy atom. The lowest BCUT2D eigenvalue weighted by Crippen LogP contribution is -1.98. The predicted octanol–water partition coefficient (Wildman–Crippen LogP) is 13.9. The van der Waals surface area contributed by atoms with E-state index < -0.39 is 0 Å². The van der Waals surface area contributed by atoms with E-state index in [0.29, 0.717) is 0 Å². The van der Waals surface area contributed by atoms with Crippen LogP contribution >= 0.6 is 0 Å². The highest BCUT2D eigenvalue weighted by atomic mass is 15.0. The lowest BCUT2D eigenvalue weighted by atomic mass is 10.1. The summed E-state index contributed by atoms with van der Waals surface area (Å²) in [6.45, 7) is 4.29. The summed E-state index contributed by atoms with van der Waals surface area (Å²) in [7, 11) is 0. The van der Waals surface area contributed by atoms with Crippen molar-refractivity contribution in [3.8, 4) is 33.9 Å². The molecule has 9 rings (SSSR count). The molecule has 7 aromatic carbocycles. The fraction of sp³-hybridized carbons (Fsp3) is 0.0385. The van der Waals surface area contributed by atoms with Crippen LogP contribution in [-0.2, 0) is 0 Å². The Morgan fingerprint density at radius 3 is 1.02 bits per heavy atom. The molecule has 0 unspecified atom stereocenters. The van der Waals surface area contributed by atoms with Crippen LogP contribution in [0.25, 0.3) is 80.0 Å². The molecule has 2 heteroatoms. The maximum atomic E-state index is 2.42. The van der Waals surface area contributed by atoms with Crippen molar-refractivity contribution in [3.05, 3.63) is 215 Å². The number of hydrogen-bond donors (Lipinski definition) is 0. The summed E-state index contributed by atoms with van der Waals surface area (Å²) in [6, 6.07) is 65.9. The van der Waals surface area contributed by atoms with Crippen LogP contribution in [0.1, 0.15) is 33.4 Å². The van der Waals surface area contributed by atoms with Crippen molar-refractivity contribution in [2.75, 3.05) is 0 Å². The Kier molecular flexibility index (Phi) is 8.70. The molecule has 0 radical (unpaired) electrons. The smallest absolute Gasteiger partial charge is 0.0542 e. The Bertz CT molecular complexity index is 2560. The standard InChI is InChI=1S/C52H40N2/c1-37-13-25-43(26-14-37)49-33-45-35-52-46(36-51(45)53(49)47-29-21-41(22-30-47)19-17-39-9-5-3-6-10-39)34-50(44-27-15-38(2)16-28-44)54(52)48-31-23-42(24-32-48)20-18-40-11-7-4-8-12-40/h3-36H,1-2H3/b19-17+,20-18+. The van der Waals surface area contributed by atoms with Gasteiger partial charge in [0.05, 0.1) is 22.4 Å². The first-order valence-electron chi connectivity index (χ1n) is 18.6. The lowest BCUT2D eigenvalue weighted by Gasteiger charge is -2.13. The van der Waals surface area contributed by atoms with Gasteiger partial charge in [0.2, 0.25) is 0 Å². The van der Waals surface area contributed by atoms with E-state index >= 15 is 0 Å². The number of nitrogens with zero attached hydrogens (tertiary/aromatic N) is 2. The van der Waals surface area contributed by atoms with E-state index in [4.69, 9.17) is 0 Å². The molecule has 0 fully saturated rings. The minimum atomic E-state index is 1.13. The van der Waals surface area contributed by atoms with Crippen molar-refractivity contribution in [1.82, 2.24) is 9.13 Å². The molecule has 0 bridgehead atoms. The Balaban J connectivity index is 1.19. The van der Waals surface area contributed by atoms with Gasteiger partial charge in [0.1, 0.15) is 0 Å². The molecule has 0 N–H and O–H groups in total. The van der Waals surface area contributed by atoms with Crippen molar-refractivity contribution in [2.45, 2.75) is 13.8 Å². The van der Waals surface area contributed by atoms with E-state index in [-0.39, 0.29) is 0 Å². The number of aromatic nitrogens is 2. The second-order valence-corrected chi connectivity index (χ2v) is 14.1. The maximum Gasteiger partial charge on any atom is 0.0542 e. The molecule has 0 spiro atoms. The average molecular weight is 693 g/mol. The fourth-order valence-corrected chi connectivity index (χ4v) is 7.32. The number of hydrogen-bond acceptors (Lipinski definition) is 0. The molecule has 2 nitrogen and oxygen atoms in total. The molecule has 258 valence electrons. The normalized spacial score (nSPS) is 11.7. The van der Waals surface area contributed by atoms with Gasteiger partial charge in [0.15, 0.2) is 0 Å². The van der Waals surface area contributed by atoms with Crippen LogP contribution in [0.3, 0.4) is 0 Å². The van der Waals surface area contributed by atoms with Gasteiger partial charge < -0.3 is 9.13 Å². The van der Waals surface area contributed by atoms with Gasteiger partial charge in [-0.1, -0.05) is 169 Å². The molecule has 0 saturated heterocycles. The summed E-state index contributed by atoms with van der Waals surface area (Å²) in [6.07, 6.45) is 8.69. The highest BCUT2D eigenvalue weighted by molar-refractivity contribution is 6.02. The molecule has 2 aromatic heterocycles. The Hall–Kier alpha value is -6.90. The van der Waals surface area contributed by atoms with Crippen LogP contribution in [0.15, 0.2) is 182 Å². The first-order chi connectivity index (χ1) is 26.6. The molecular weight excluding hydrogens is 653 g/mol. The second-order valence-electron chi connectivity index (χ2n) is 14.1. The lowest BCUT2D eigenvalue weighted by molar-refractivity contribution is 1.13. The van der Waals surface area contributed by atoms with Crippen LogP contribution in [0, 0.1) is 13.8 Å². The highest BCUT2D eigenvalue weighted by Crippen LogP contribution is 2.38. The number of rotatable bonds is 8. The average Bonchev–Trinajstić information content (AvgIpc) is 3.78. The van der Waals surface area contributed by atoms with Gasteiger partial charge in [-0.05, 0) is 95.8 Å². The molecule has 0 aliphatic heterocycles. The van der Waals surface area contributed by atoms with E-state index in [9.17, 15) is 0 Å². The van der Waals surface area contributed by atoms with Crippen LogP contribution in [0.4, 0.5) is 0 Å². The van der Waals surface area contributed by atoms with Crippen LogP contribution < -0.4 is 0 Å². The summed E-state index contributed by atoms with van der Waals surface area (Å²) in [5.41, 5.74) is 16.6. The quantitative estimate of drug-likeness (QED) is 0.140. The monoisotopic (exact) mass is 692 g/mol. The fourth-order valence-electron chi connectivity index (χ4n) is 7.32. The van der Waals surface area contributed by atoms with Crippen molar-refractivity contribution in [3.63, 3.8) is 0 Å². The van der Waals surface area contributed by atoms with Gasteiger partial charge in [0.25, 0.3) is 0 Å². The Labute approximate surface area is 317 Å². The first-order valence-corrected chi connectivity index (χ1v) is 18.6. The third-order valence-electron chi connectivity index (χ3n) is 10.3. The zero-order valence-corrected chi connectivity index (χ0v) is 30.5. The highest BCUT2D eigenvalue weighted by Gasteiger charge is 2.18. The summed E-state index contributed by atoms with van der Waals surface area (Å²) >= 11 is 0. The molecule has 0 atom stereocenters. The Morgan fingerprint density at radius 1 is 0.333 bits per heavy atom. The van der Waals surface area contributed by atoms with Crippen molar-refractivity contribution in [1.29, 1.82) is 0 Å². The van der Waals surface area contributed by atoms with E-state index in [1.807, 2.05) is 12.1 Å². The molecular formula is C52H40N2. The largest absolute Gasteiger partial charge is 0.309 e. The summed E-state index contributed by atoms with van der Waals surface area (Å²) in [4.78, 5) is 0. The number of fused-ring (bicyclic) bond motifs is 2. The van der Waals surface area contributed by atoms with E-state index in [2.05, 4.69) is 217 Å². The van der Waals surface area contributed by atoms with Crippen molar-refractivity contribution >= 4 is 46.1 Å². The predicted molar refractivity (Wildman–Crippen MR) is 231 cm³/mol. The van der Waals surface area contributed by atoms with Crippen LogP contribution in [-0.4, -0.2) is 9.13 Å². The zero-order chi connectivity index (χ0) is 36.4. The molecule has 54 heavy (non-hydrogen) atoms. The third-order valence-corrected chi connectivity index (χ3v) is 10.3. The zero-order valence-electron chi connectivity index (χ0n) is 30.5. The molecule has 0 aliphatic carbocycles. The second kappa shape index (κ2) is 14.3. The van der Waals surface area contributed by atoms with Crippen LogP contribution in [0.5, 0.6) is 0 Å². The first kappa shape index (κ1) is 33.0. The summed E-state index contributed by atoms with van der Waals surface area (Å²) in [5, 5.41) is 2.40. The van der Waals surface area contributed by atoms with Gasteiger partial charge >= 0.3 is 0 Å². The number of benzene rings is 7. The summed E-state index contributed by atoms with van der Waals surface area (Å²) < 4.78 is 4.84. The third kappa shape index (κ3) is 6.62.